The molecule has 0 atom stereocenters. The second kappa shape index (κ2) is 59.9. The van der Waals surface area contributed by atoms with E-state index in [4.69, 9.17) is 14.2 Å². The average molecular weight is 996 g/mol. The second-order valence-corrected chi connectivity index (χ2v) is 21.0. The fraction of sp³-hybridized carbons (Fsp3) is 0.831. The summed E-state index contributed by atoms with van der Waals surface area (Å²) in [5.41, 5.74) is 0. The van der Waals surface area contributed by atoms with E-state index in [0.717, 1.165) is 77.0 Å². The lowest BCUT2D eigenvalue weighted by Crippen LogP contribution is -2.30. The van der Waals surface area contributed by atoms with Crippen LogP contribution in [0.4, 0.5) is 0 Å². The van der Waals surface area contributed by atoms with E-state index in [1.165, 1.54) is 205 Å². The minimum absolute atomic E-state index is 0.0851. The van der Waals surface area contributed by atoms with Gasteiger partial charge in [0.2, 0.25) is 0 Å². The lowest BCUT2D eigenvalue weighted by Gasteiger charge is -2.18. The highest BCUT2D eigenvalue weighted by Gasteiger charge is 2.19. The van der Waals surface area contributed by atoms with Crippen molar-refractivity contribution in [1.82, 2.24) is 0 Å². The maximum Gasteiger partial charge on any atom is 0.306 e. The summed E-state index contributed by atoms with van der Waals surface area (Å²) in [4.78, 5) is 38.2. The maximum absolute atomic E-state index is 12.9. The zero-order valence-electron chi connectivity index (χ0n) is 47.5. The van der Waals surface area contributed by atoms with Gasteiger partial charge in [-0.05, 0) is 57.8 Å². The topological polar surface area (TPSA) is 78.9 Å². The third-order valence-electron chi connectivity index (χ3n) is 13.8. The first kappa shape index (κ1) is 68.4. The number of esters is 3. The molecule has 0 heterocycles. The lowest BCUT2D eigenvalue weighted by atomic mass is 10.0. The minimum Gasteiger partial charge on any atom is -0.462 e. The zero-order valence-corrected chi connectivity index (χ0v) is 47.5. The van der Waals surface area contributed by atoms with Crippen LogP contribution < -0.4 is 0 Å². The number of ether oxygens (including phenoxy) is 3. The van der Waals surface area contributed by atoms with E-state index in [-0.39, 0.29) is 37.5 Å². The Bertz CT molecular complexity index is 1180. The van der Waals surface area contributed by atoms with Crippen molar-refractivity contribution in [2.24, 2.45) is 0 Å². The Hall–Kier alpha value is -2.63. The summed E-state index contributed by atoms with van der Waals surface area (Å²) in [7, 11) is 0. The highest BCUT2D eigenvalue weighted by Crippen LogP contribution is 2.18. The van der Waals surface area contributed by atoms with E-state index in [2.05, 4.69) is 69.4 Å². The Balaban J connectivity index is 4.34. The van der Waals surface area contributed by atoms with Crippen LogP contribution in [0.15, 0.2) is 48.6 Å². The van der Waals surface area contributed by atoms with Gasteiger partial charge < -0.3 is 14.2 Å². The molecule has 0 aliphatic rings. The van der Waals surface area contributed by atoms with Crippen molar-refractivity contribution in [1.29, 1.82) is 0 Å². The molecule has 6 nitrogen and oxygen atoms in total. The van der Waals surface area contributed by atoms with Crippen molar-refractivity contribution in [3.05, 3.63) is 48.6 Å². The molecule has 0 radical (unpaired) electrons. The SMILES string of the molecule is CC/C=C\C/C=C\C/C=C\C/C=C\CCCCC(=O)OC(COC(=O)CCCCCCCCCCCCCCCCCCCCC)COC(=O)CCCCCCCCCCCCCCCCCCCCC. The van der Waals surface area contributed by atoms with Crippen LogP contribution >= 0.6 is 0 Å². The van der Waals surface area contributed by atoms with E-state index in [1.807, 2.05) is 0 Å². The van der Waals surface area contributed by atoms with Gasteiger partial charge in [0.15, 0.2) is 6.10 Å². The van der Waals surface area contributed by atoms with Crippen LogP contribution in [-0.2, 0) is 28.6 Å². The van der Waals surface area contributed by atoms with Crippen LogP contribution in [0, 0.1) is 0 Å². The molecule has 0 fully saturated rings. The molecule has 414 valence electrons. The molecule has 0 aliphatic heterocycles. The average Bonchev–Trinajstić information content (AvgIpc) is 3.37. The van der Waals surface area contributed by atoms with Crippen LogP contribution in [0.1, 0.15) is 329 Å². The van der Waals surface area contributed by atoms with E-state index in [1.54, 1.807) is 0 Å². The smallest absolute Gasteiger partial charge is 0.306 e. The van der Waals surface area contributed by atoms with Gasteiger partial charge in [0.05, 0.1) is 0 Å². The minimum atomic E-state index is -0.792. The quantitative estimate of drug-likeness (QED) is 0.0261. The van der Waals surface area contributed by atoms with Crippen molar-refractivity contribution >= 4 is 17.9 Å². The van der Waals surface area contributed by atoms with E-state index < -0.39 is 6.10 Å². The van der Waals surface area contributed by atoms with Crippen LogP contribution in [0.2, 0.25) is 0 Å². The van der Waals surface area contributed by atoms with Gasteiger partial charge in [0.1, 0.15) is 13.2 Å². The van der Waals surface area contributed by atoms with Gasteiger partial charge >= 0.3 is 17.9 Å². The predicted molar refractivity (Wildman–Crippen MR) is 307 cm³/mol. The number of hydrogen-bond acceptors (Lipinski definition) is 6. The molecule has 0 saturated carbocycles. The van der Waals surface area contributed by atoms with E-state index in [9.17, 15) is 14.4 Å². The van der Waals surface area contributed by atoms with Gasteiger partial charge in [-0.2, -0.15) is 0 Å². The first-order chi connectivity index (χ1) is 35.0. The van der Waals surface area contributed by atoms with Gasteiger partial charge in [0.25, 0.3) is 0 Å². The Morgan fingerprint density at radius 3 is 0.859 bits per heavy atom. The maximum atomic E-state index is 12.9. The molecule has 0 aromatic rings. The fourth-order valence-electron chi connectivity index (χ4n) is 9.20. The second-order valence-electron chi connectivity index (χ2n) is 21.0. The van der Waals surface area contributed by atoms with E-state index in [0.29, 0.717) is 19.3 Å². The van der Waals surface area contributed by atoms with Gasteiger partial charge in [-0.3, -0.25) is 14.4 Å². The molecule has 0 saturated heterocycles. The number of carbonyl (C=O) groups is 3. The first-order valence-electron chi connectivity index (χ1n) is 31.1. The Morgan fingerprint density at radius 1 is 0.296 bits per heavy atom. The normalized spacial score (nSPS) is 11.9. The largest absolute Gasteiger partial charge is 0.462 e. The summed E-state index contributed by atoms with van der Waals surface area (Å²) < 4.78 is 16.9. The monoisotopic (exact) mass is 995 g/mol. The highest BCUT2D eigenvalue weighted by molar-refractivity contribution is 5.71. The van der Waals surface area contributed by atoms with Crippen molar-refractivity contribution in [3.63, 3.8) is 0 Å². The van der Waals surface area contributed by atoms with Crippen LogP contribution in [-0.4, -0.2) is 37.2 Å². The Morgan fingerprint density at radius 2 is 0.549 bits per heavy atom. The Labute approximate surface area is 441 Å². The molecule has 6 heteroatoms. The first-order valence-corrected chi connectivity index (χ1v) is 31.1. The standard InChI is InChI=1S/C65H118O6/c1-4-7-10-13-16-19-22-25-28-30-32-34-37-39-42-45-48-51-54-57-63(66)69-60-62(71-65(68)59-56-53-50-47-44-41-36-27-24-21-18-15-12-9-6-3)61-70-64(67)58-55-52-49-46-43-40-38-35-33-31-29-26-23-20-17-14-11-8-5-2/h9,12,18,21,27,36,44,47,62H,4-8,10-11,13-17,19-20,22-26,28-35,37-43,45-46,48-61H2,1-3H3/b12-9-,21-18-,36-27-,47-44-. The van der Waals surface area contributed by atoms with Crippen LogP contribution in [0.25, 0.3) is 0 Å². The van der Waals surface area contributed by atoms with Gasteiger partial charge in [-0.1, -0.05) is 301 Å². The molecule has 0 amide bonds. The number of allylic oxidation sites excluding steroid dienone is 8. The van der Waals surface area contributed by atoms with Crippen molar-refractivity contribution in [2.45, 2.75) is 335 Å². The molecule has 0 aromatic heterocycles. The van der Waals surface area contributed by atoms with Gasteiger partial charge in [-0.15, -0.1) is 0 Å². The van der Waals surface area contributed by atoms with Crippen molar-refractivity contribution in [3.8, 4) is 0 Å². The van der Waals surface area contributed by atoms with Gasteiger partial charge in [-0.25, -0.2) is 0 Å². The van der Waals surface area contributed by atoms with E-state index >= 15 is 0 Å². The molecule has 0 spiro atoms. The summed E-state index contributed by atoms with van der Waals surface area (Å²) in [6.07, 6.45) is 74.1. The summed E-state index contributed by atoms with van der Waals surface area (Å²) in [5.74, 6) is -0.905. The summed E-state index contributed by atoms with van der Waals surface area (Å²) in [6, 6.07) is 0. The molecule has 0 unspecified atom stereocenters. The summed E-state index contributed by atoms with van der Waals surface area (Å²) >= 11 is 0. The molecule has 0 rings (SSSR count). The number of rotatable bonds is 57. The molecular weight excluding hydrogens is 877 g/mol. The van der Waals surface area contributed by atoms with Crippen LogP contribution in [0.3, 0.4) is 0 Å². The molecule has 71 heavy (non-hydrogen) atoms. The molecule has 0 aliphatic carbocycles. The number of carbonyl (C=O) groups excluding carboxylic acids is 3. The molecule has 0 aromatic carbocycles. The Kier molecular flexibility index (Phi) is 57.7. The third kappa shape index (κ3) is 58.1. The zero-order chi connectivity index (χ0) is 51.4. The highest BCUT2D eigenvalue weighted by atomic mass is 16.6. The molecular formula is C65H118O6. The van der Waals surface area contributed by atoms with Crippen molar-refractivity contribution in [2.75, 3.05) is 13.2 Å². The number of hydrogen-bond donors (Lipinski definition) is 0. The number of unbranched alkanes of at least 4 members (excludes halogenated alkanes) is 38. The third-order valence-corrected chi connectivity index (χ3v) is 13.8. The van der Waals surface area contributed by atoms with Crippen LogP contribution in [0.5, 0.6) is 0 Å². The predicted octanol–water partition coefficient (Wildman–Crippen LogP) is 21.0. The lowest BCUT2D eigenvalue weighted by molar-refractivity contribution is -0.167. The summed E-state index contributed by atoms with van der Waals surface area (Å²) in [5, 5.41) is 0. The molecule has 0 N–H and O–H groups in total. The molecule has 0 bridgehead atoms. The van der Waals surface area contributed by atoms with Crippen molar-refractivity contribution < 1.29 is 28.6 Å². The van der Waals surface area contributed by atoms with Gasteiger partial charge in [0, 0.05) is 19.3 Å². The fourth-order valence-corrected chi connectivity index (χ4v) is 9.20. The summed E-state index contributed by atoms with van der Waals surface area (Å²) in [6.45, 7) is 6.55.